The van der Waals surface area contributed by atoms with Crippen LogP contribution < -0.4 is 0 Å². The van der Waals surface area contributed by atoms with Crippen molar-refractivity contribution in [3.05, 3.63) is 35.4 Å². The summed E-state index contributed by atoms with van der Waals surface area (Å²) in [6.07, 6.45) is 3.76. The molecule has 0 amide bonds. The second-order valence-electron chi connectivity index (χ2n) is 3.46. The molecule has 64 valence electrons. The Morgan fingerprint density at radius 2 is 2.17 bits per heavy atom. The molecular weight excluding hydrogens is 168 g/mol. The zero-order valence-corrected chi connectivity index (χ0v) is 7.85. The Bertz CT molecular complexity index is 263. The molecule has 1 aliphatic carbocycles. The number of rotatable bonds is 3. The second-order valence-corrected chi connectivity index (χ2v) is 3.84. The molecule has 0 aromatic heterocycles. The molecule has 0 radical (unpaired) electrons. The molecule has 1 heteroatoms. The average Bonchev–Trinajstić information content (AvgIpc) is 2.88. The van der Waals surface area contributed by atoms with Gasteiger partial charge in [-0.1, -0.05) is 24.3 Å². The van der Waals surface area contributed by atoms with Crippen molar-refractivity contribution < 1.29 is 0 Å². The lowest BCUT2D eigenvalue weighted by Crippen LogP contribution is -1.87. The largest absolute Gasteiger partial charge is 0.126 e. The van der Waals surface area contributed by atoms with Gasteiger partial charge in [0.1, 0.15) is 0 Å². The molecular formula is C11H13Cl. The zero-order chi connectivity index (χ0) is 8.39. The topological polar surface area (TPSA) is 0 Å². The van der Waals surface area contributed by atoms with Crippen LogP contribution in [0.5, 0.6) is 0 Å². The predicted molar refractivity (Wildman–Crippen MR) is 52.8 cm³/mol. The Hall–Kier alpha value is -0.490. The van der Waals surface area contributed by atoms with Crippen molar-refractivity contribution in [2.75, 3.05) is 5.88 Å². The number of hydrogen-bond donors (Lipinski definition) is 0. The fourth-order valence-corrected chi connectivity index (χ4v) is 1.75. The molecule has 1 aromatic carbocycles. The van der Waals surface area contributed by atoms with Gasteiger partial charge in [0, 0.05) is 5.88 Å². The Morgan fingerprint density at radius 3 is 2.83 bits per heavy atom. The summed E-state index contributed by atoms with van der Waals surface area (Å²) in [7, 11) is 0. The molecule has 12 heavy (non-hydrogen) atoms. The first-order valence-corrected chi connectivity index (χ1v) is 5.08. The van der Waals surface area contributed by atoms with Crippen molar-refractivity contribution in [3.63, 3.8) is 0 Å². The molecule has 0 heterocycles. The minimum absolute atomic E-state index is 0.730. The van der Waals surface area contributed by atoms with Gasteiger partial charge in [-0.05, 0) is 36.3 Å². The van der Waals surface area contributed by atoms with Gasteiger partial charge in [0.25, 0.3) is 0 Å². The summed E-state index contributed by atoms with van der Waals surface area (Å²) in [4.78, 5) is 0. The lowest BCUT2D eigenvalue weighted by molar-refractivity contribution is 1.08. The quantitative estimate of drug-likeness (QED) is 0.626. The van der Waals surface area contributed by atoms with Gasteiger partial charge >= 0.3 is 0 Å². The van der Waals surface area contributed by atoms with Gasteiger partial charge in [-0.15, -0.1) is 11.6 Å². The molecule has 0 aliphatic heterocycles. The van der Waals surface area contributed by atoms with Crippen LogP contribution in [0.15, 0.2) is 24.3 Å². The van der Waals surface area contributed by atoms with E-state index in [9.17, 15) is 0 Å². The first-order chi connectivity index (χ1) is 5.90. The van der Waals surface area contributed by atoms with Crippen molar-refractivity contribution in [2.24, 2.45) is 0 Å². The average molecular weight is 181 g/mol. The first kappa shape index (κ1) is 8.12. The normalized spacial score (nSPS) is 16.4. The van der Waals surface area contributed by atoms with Crippen molar-refractivity contribution >= 4 is 11.6 Å². The van der Waals surface area contributed by atoms with Crippen LogP contribution in [0.1, 0.15) is 29.9 Å². The van der Waals surface area contributed by atoms with E-state index in [4.69, 9.17) is 11.6 Å². The molecule has 0 unspecified atom stereocenters. The second kappa shape index (κ2) is 3.49. The standard InChI is InChI=1S/C11H13Cl/c12-7-6-9-2-1-3-11(8-9)10-4-5-10/h1-3,8,10H,4-7H2. The van der Waals surface area contributed by atoms with Crippen LogP contribution in [-0.4, -0.2) is 5.88 Å². The Labute approximate surface area is 78.6 Å². The molecule has 1 aliphatic rings. The van der Waals surface area contributed by atoms with Gasteiger partial charge in [-0.25, -0.2) is 0 Å². The summed E-state index contributed by atoms with van der Waals surface area (Å²) in [5.74, 6) is 1.59. The van der Waals surface area contributed by atoms with Crippen LogP contribution in [0.3, 0.4) is 0 Å². The molecule has 2 rings (SSSR count). The SMILES string of the molecule is ClCCc1cccc(C2CC2)c1. The Morgan fingerprint density at radius 1 is 1.33 bits per heavy atom. The van der Waals surface area contributed by atoms with E-state index in [0.717, 1.165) is 18.2 Å². The predicted octanol–water partition coefficient (Wildman–Crippen LogP) is 3.35. The molecule has 0 N–H and O–H groups in total. The lowest BCUT2D eigenvalue weighted by Gasteiger charge is -2.01. The monoisotopic (exact) mass is 180 g/mol. The highest BCUT2D eigenvalue weighted by Gasteiger charge is 2.23. The molecule has 0 saturated heterocycles. The van der Waals surface area contributed by atoms with E-state index in [1.807, 2.05) is 0 Å². The fraction of sp³-hybridized carbons (Fsp3) is 0.455. The Kier molecular flexibility index (Phi) is 2.36. The van der Waals surface area contributed by atoms with E-state index in [1.54, 1.807) is 0 Å². The Balaban J connectivity index is 2.15. The molecule has 0 atom stereocenters. The summed E-state index contributed by atoms with van der Waals surface area (Å²) in [6, 6.07) is 8.85. The molecule has 0 nitrogen and oxygen atoms in total. The number of benzene rings is 1. The maximum Gasteiger partial charge on any atom is 0.0263 e. The van der Waals surface area contributed by atoms with E-state index in [2.05, 4.69) is 24.3 Å². The van der Waals surface area contributed by atoms with Crippen molar-refractivity contribution in [3.8, 4) is 0 Å². The van der Waals surface area contributed by atoms with E-state index >= 15 is 0 Å². The molecule has 0 bridgehead atoms. The number of aryl methyl sites for hydroxylation is 1. The maximum absolute atomic E-state index is 5.68. The highest BCUT2D eigenvalue weighted by atomic mass is 35.5. The minimum Gasteiger partial charge on any atom is -0.126 e. The van der Waals surface area contributed by atoms with E-state index in [0.29, 0.717) is 0 Å². The van der Waals surface area contributed by atoms with Gasteiger partial charge in [0.2, 0.25) is 0 Å². The summed E-state index contributed by atoms with van der Waals surface area (Å²) in [5, 5.41) is 0. The smallest absolute Gasteiger partial charge is 0.0263 e. The molecule has 1 fully saturated rings. The van der Waals surface area contributed by atoms with Gasteiger partial charge in [-0.3, -0.25) is 0 Å². The third kappa shape index (κ3) is 1.81. The fourth-order valence-electron chi connectivity index (χ4n) is 1.53. The van der Waals surface area contributed by atoms with E-state index in [-0.39, 0.29) is 0 Å². The van der Waals surface area contributed by atoms with E-state index in [1.165, 1.54) is 24.0 Å². The third-order valence-electron chi connectivity index (χ3n) is 2.38. The van der Waals surface area contributed by atoms with Crippen LogP contribution in [-0.2, 0) is 6.42 Å². The van der Waals surface area contributed by atoms with Gasteiger partial charge in [0.05, 0.1) is 0 Å². The van der Waals surface area contributed by atoms with Crippen LogP contribution in [0.4, 0.5) is 0 Å². The number of hydrogen-bond acceptors (Lipinski definition) is 0. The minimum atomic E-state index is 0.730. The van der Waals surface area contributed by atoms with Crippen molar-refractivity contribution in [2.45, 2.75) is 25.2 Å². The van der Waals surface area contributed by atoms with Gasteiger partial charge in [-0.2, -0.15) is 0 Å². The zero-order valence-electron chi connectivity index (χ0n) is 7.09. The van der Waals surface area contributed by atoms with Crippen LogP contribution in [0, 0.1) is 0 Å². The summed E-state index contributed by atoms with van der Waals surface area (Å²) < 4.78 is 0. The van der Waals surface area contributed by atoms with Gasteiger partial charge < -0.3 is 0 Å². The highest BCUT2D eigenvalue weighted by Crippen LogP contribution is 2.40. The molecule has 1 saturated carbocycles. The molecule has 0 spiro atoms. The first-order valence-electron chi connectivity index (χ1n) is 4.55. The number of halogens is 1. The number of alkyl halides is 1. The van der Waals surface area contributed by atoms with E-state index < -0.39 is 0 Å². The van der Waals surface area contributed by atoms with Crippen LogP contribution in [0.2, 0.25) is 0 Å². The lowest BCUT2D eigenvalue weighted by atomic mass is 10.1. The summed E-state index contributed by atoms with van der Waals surface area (Å²) in [5.41, 5.74) is 2.90. The van der Waals surface area contributed by atoms with Crippen LogP contribution >= 0.6 is 11.6 Å². The van der Waals surface area contributed by atoms with Crippen molar-refractivity contribution in [1.29, 1.82) is 0 Å². The van der Waals surface area contributed by atoms with Crippen molar-refractivity contribution in [1.82, 2.24) is 0 Å². The summed E-state index contributed by atoms with van der Waals surface area (Å²) >= 11 is 5.68. The summed E-state index contributed by atoms with van der Waals surface area (Å²) in [6.45, 7) is 0. The van der Waals surface area contributed by atoms with Gasteiger partial charge in [0.15, 0.2) is 0 Å². The molecule has 1 aromatic rings. The third-order valence-corrected chi connectivity index (χ3v) is 2.57. The maximum atomic E-state index is 5.68. The van der Waals surface area contributed by atoms with Crippen LogP contribution in [0.25, 0.3) is 0 Å². The highest BCUT2D eigenvalue weighted by molar-refractivity contribution is 6.17.